The van der Waals surface area contributed by atoms with Crippen molar-refractivity contribution in [3.05, 3.63) is 65.2 Å². The van der Waals surface area contributed by atoms with Crippen LogP contribution >= 0.6 is 0 Å². The molecule has 162 valence electrons. The third-order valence-corrected chi connectivity index (χ3v) is 6.04. The van der Waals surface area contributed by atoms with Crippen molar-refractivity contribution in [3.8, 4) is 16.9 Å². The molecule has 0 bridgehead atoms. The van der Waals surface area contributed by atoms with Gasteiger partial charge in [-0.05, 0) is 67.1 Å². The van der Waals surface area contributed by atoms with Crippen molar-refractivity contribution in [2.45, 2.75) is 45.4 Å². The lowest BCUT2D eigenvalue weighted by molar-refractivity contribution is 0.0706. The molecule has 1 aromatic carbocycles. The van der Waals surface area contributed by atoms with Crippen molar-refractivity contribution in [1.82, 2.24) is 20.1 Å². The molecule has 0 spiro atoms. The molecule has 0 unspecified atom stereocenters. The molecule has 1 fully saturated rings. The number of aromatic nitrogens is 3. The van der Waals surface area contributed by atoms with Gasteiger partial charge in [0.25, 0.3) is 5.91 Å². The quantitative estimate of drug-likeness (QED) is 0.638. The fourth-order valence-electron chi connectivity index (χ4n) is 4.14. The number of aryl methyl sites for hydroxylation is 1. The molecule has 31 heavy (non-hydrogen) atoms. The highest BCUT2D eigenvalue weighted by atomic mass is 16.5. The number of nitrogens with zero attached hydrogens (tertiary/aromatic N) is 3. The van der Waals surface area contributed by atoms with Crippen LogP contribution in [-0.4, -0.2) is 46.2 Å². The van der Waals surface area contributed by atoms with Crippen molar-refractivity contribution < 1.29 is 9.53 Å². The third kappa shape index (κ3) is 4.63. The number of pyridine rings is 1. The van der Waals surface area contributed by atoms with E-state index in [0.717, 1.165) is 54.3 Å². The van der Waals surface area contributed by atoms with Gasteiger partial charge in [-0.2, -0.15) is 5.10 Å². The van der Waals surface area contributed by atoms with Gasteiger partial charge in [-0.25, -0.2) is 0 Å². The van der Waals surface area contributed by atoms with Gasteiger partial charge in [0.15, 0.2) is 0 Å². The number of ether oxygens (including phenoxy) is 1. The van der Waals surface area contributed by atoms with Gasteiger partial charge in [0, 0.05) is 36.1 Å². The van der Waals surface area contributed by atoms with Gasteiger partial charge >= 0.3 is 0 Å². The first-order valence-corrected chi connectivity index (χ1v) is 10.9. The van der Waals surface area contributed by atoms with Crippen LogP contribution in [0.1, 0.15) is 66.1 Å². The Morgan fingerprint density at radius 3 is 2.42 bits per heavy atom. The number of benzene rings is 1. The van der Waals surface area contributed by atoms with E-state index >= 15 is 0 Å². The molecule has 1 aliphatic rings. The molecular formula is C25H30N4O2. The van der Waals surface area contributed by atoms with Gasteiger partial charge in [-0.15, -0.1) is 0 Å². The van der Waals surface area contributed by atoms with E-state index in [2.05, 4.69) is 48.3 Å². The molecule has 1 amide bonds. The van der Waals surface area contributed by atoms with E-state index in [0.29, 0.717) is 17.5 Å². The highest BCUT2D eigenvalue weighted by Crippen LogP contribution is 2.31. The molecule has 6 heteroatoms. The SMILES string of the molecule is COc1ccc(-c2cc(C)nc(C3CCN(C(=O)c4cc(C(C)C)[nH]n4)CC3)c2)cc1. The second-order valence-electron chi connectivity index (χ2n) is 8.58. The summed E-state index contributed by atoms with van der Waals surface area (Å²) in [6.45, 7) is 7.66. The molecule has 2 aromatic heterocycles. The van der Waals surface area contributed by atoms with Crippen molar-refractivity contribution in [1.29, 1.82) is 0 Å². The largest absolute Gasteiger partial charge is 0.497 e. The zero-order valence-electron chi connectivity index (χ0n) is 18.7. The van der Waals surface area contributed by atoms with Crippen LogP contribution in [0.4, 0.5) is 0 Å². The Balaban J connectivity index is 1.45. The lowest BCUT2D eigenvalue weighted by Gasteiger charge is -2.31. The van der Waals surface area contributed by atoms with Crippen LogP contribution < -0.4 is 4.74 Å². The molecule has 1 N–H and O–H groups in total. The van der Waals surface area contributed by atoms with E-state index in [-0.39, 0.29) is 5.91 Å². The highest BCUT2D eigenvalue weighted by Gasteiger charge is 2.27. The average Bonchev–Trinajstić information content (AvgIpc) is 3.29. The summed E-state index contributed by atoms with van der Waals surface area (Å²) in [6, 6.07) is 14.3. The Kier molecular flexibility index (Phi) is 6.07. The van der Waals surface area contributed by atoms with Gasteiger partial charge < -0.3 is 9.64 Å². The Hall–Kier alpha value is -3.15. The van der Waals surface area contributed by atoms with Crippen molar-refractivity contribution in [2.24, 2.45) is 0 Å². The number of aromatic amines is 1. The Labute approximate surface area is 183 Å². The van der Waals surface area contributed by atoms with Crippen LogP contribution in [0.25, 0.3) is 11.1 Å². The number of amides is 1. The van der Waals surface area contributed by atoms with Crippen LogP contribution in [0.15, 0.2) is 42.5 Å². The molecule has 0 aliphatic carbocycles. The maximum absolute atomic E-state index is 12.8. The Morgan fingerprint density at radius 1 is 1.10 bits per heavy atom. The monoisotopic (exact) mass is 418 g/mol. The van der Waals surface area contributed by atoms with Crippen LogP contribution in [0.3, 0.4) is 0 Å². The maximum atomic E-state index is 12.8. The van der Waals surface area contributed by atoms with Gasteiger partial charge in [-0.1, -0.05) is 26.0 Å². The molecule has 0 saturated carbocycles. The summed E-state index contributed by atoms with van der Waals surface area (Å²) in [5.41, 5.74) is 5.95. The van der Waals surface area contributed by atoms with Gasteiger partial charge in [-0.3, -0.25) is 14.9 Å². The van der Waals surface area contributed by atoms with Crippen molar-refractivity contribution in [3.63, 3.8) is 0 Å². The number of methoxy groups -OCH3 is 1. The second kappa shape index (κ2) is 8.92. The third-order valence-electron chi connectivity index (χ3n) is 6.04. The van der Waals surface area contributed by atoms with Crippen LogP contribution in [0, 0.1) is 6.92 Å². The van der Waals surface area contributed by atoms with Crippen LogP contribution in [0.5, 0.6) is 5.75 Å². The summed E-state index contributed by atoms with van der Waals surface area (Å²) in [5, 5.41) is 7.20. The number of carbonyl (C=O) groups excluding carboxylic acids is 1. The minimum atomic E-state index is 0.0118. The standard InChI is InChI=1S/C25H30N4O2/c1-16(2)22-15-24(28-27-22)25(30)29-11-9-19(10-12-29)23-14-20(13-17(3)26-23)18-5-7-21(31-4)8-6-18/h5-8,13-16,19H,9-12H2,1-4H3,(H,27,28). The number of nitrogens with one attached hydrogen (secondary N) is 1. The summed E-state index contributed by atoms with van der Waals surface area (Å²) >= 11 is 0. The Morgan fingerprint density at radius 2 is 1.81 bits per heavy atom. The predicted octanol–water partition coefficient (Wildman–Crippen LogP) is 4.93. The van der Waals surface area contributed by atoms with Crippen LogP contribution in [0.2, 0.25) is 0 Å². The van der Waals surface area contributed by atoms with Crippen molar-refractivity contribution >= 4 is 5.91 Å². The van der Waals surface area contributed by atoms with E-state index in [1.54, 1.807) is 7.11 Å². The molecule has 1 aliphatic heterocycles. The first-order valence-electron chi connectivity index (χ1n) is 10.9. The van der Waals surface area contributed by atoms with Gasteiger partial charge in [0.05, 0.1) is 7.11 Å². The number of carbonyl (C=O) groups is 1. The summed E-state index contributed by atoms with van der Waals surface area (Å²) in [7, 11) is 1.68. The lowest BCUT2D eigenvalue weighted by Crippen LogP contribution is -2.38. The average molecular weight is 419 g/mol. The molecule has 1 saturated heterocycles. The topological polar surface area (TPSA) is 71.1 Å². The summed E-state index contributed by atoms with van der Waals surface area (Å²) in [6.07, 6.45) is 1.82. The lowest BCUT2D eigenvalue weighted by atomic mass is 9.91. The number of hydrogen-bond donors (Lipinski definition) is 1. The second-order valence-corrected chi connectivity index (χ2v) is 8.58. The smallest absolute Gasteiger partial charge is 0.274 e. The summed E-state index contributed by atoms with van der Waals surface area (Å²) in [5.74, 6) is 1.54. The molecular weight excluding hydrogens is 388 g/mol. The normalized spacial score (nSPS) is 14.8. The first-order chi connectivity index (χ1) is 14.9. The van der Waals surface area contributed by atoms with Crippen LogP contribution in [-0.2, 0) is 0 Å². The number of rotatable bonds is 5. The van der Waals surface area contributed by atoms with E-state index < -0.39 is 0 Å². The minimum absolute atomic E-state index is 0.0118. The first kappa shape index (κ1) is 21.1. The van der Waals surface area contributed by atoms with Crippen molar-refractivity contribution in [2.75, 3.05) is 20.2 Å². The number of likely N-dealkylation sites (tertiary alicyclic amines) is 1. The molecule has 3 aromatic rings. The van der Waals surface area contributed by atoms with E-state index in [9.17, 15) is 4.79 Å². The number of piperidine rings is 1. The Bertz CT molecular complexity index is 1050. The molecule has 0 radical (unpaired) electrons. The molecule has 0 atom stereocenters. The van der Waals surface area contributed by atoms with E-state index in [4.69, 9.17) is 9.72 Å². The predicted molar refractivity (Wildman–Crippen MR) is 122 cm³/mol. The number of hydrogen-bond acceptors (Lipinski definition) is 4. The highest BCUT2D eigenvalue weighted by molar-refractivity contribution is 5.92. The van der Waals surface area contributed by atoms with Gasteiger partial charge in [0.2, 0.25) is 0 Å². The fourth-order valence-corrected chi connectivity index (χ4v) is 4.14. The summed E-state index contributed by atoms with van der Waals surface area (Å²) in [4.78, 5) is 19.6. The van der Waals surface area contributed by atoms with Gasteiger partial charge in [0.1, 0.15) is 11.4 Å². The maximum Gasteiger partial charge on any atom is 0.274 e. The molecule has 3 heterocycles. The van der Waals surface area contributed by atoms with E-state index in [1.165, 1.54) is 5.56 Å². The summed E-state index contributed by atoms with van der Waals surface area (Å²) < 4.78 is 5.27. The minimum Gasteiger partial charge on any atom is -0.497 e. The molecule has 4 rings (SSSR count). The molecule has 6 nitrogen and oxygen atoms in total. The zero-order valence-corrected chi connectivity index (χ0v) is 18.7. The zero-order chi connectivity index (χ0) is 22.0. The number of H-pyrrole nitrogens is 1. The van der Waals surface area contributed by atoms with E-state index in [1.807, 2.05) is 30.0 Å². The fraction of sp³-hybridized carbons (Fsp3) is 0.400.